The van der Waals surface area contributed by atoms with Gasteiger partial charge in [0.2, 0.25) is 0 Å². The van der Waals surface area contributed by atoms with E-state index in [-0.39, 0.29) is 17.7 Å². The molecule has 0 heterocycles. The lowest BCUT2D eigenvalue weighted by Crippen LogP contribution is -1.88. The molecule has 0 bridgehead atoms. The summed E-state index contributed by atoms with van der Waals surface area (Å²) in [6, 6.07) is 2.24. The average molecular weight is 194 g/mol. The highest BCUT2D eigenvalue weighted by molar-refractivity contribution is 5.80. The standard InChI is InChI=1S/C10H7FO3/c11-9-5-7(2-1-3-12)4-8(6-13)10(9)14/h4-6,12,14H,3H2. The zero-order valence-electron chi connectivity index (χ0n) is 7.12. The lowest BCUT2D eigenvalue weighted by Gasteiger charge is -1.99. The minimum absolute atomic E-state index is 0.160. The van der Waals surface area contributed by atoms with Gasteiger partial charge in [0.15, 0.2) is 17.9 Å². The number of phenolic OH excluding ortho intramolecular Hbond substituents is 1. The quantitative estimate of drug-likeness (QED) is 0.510. The molecular formula is C10H7FO3. The Bertz CT molecular complexity index is 415. The molecule has 0 atom stereocenters. The number of aliphatic hydroxyl groups excluding tert-OH is 1. The van der Waals surface area contributed by atoms with E-state index < -0.39 is 11.6 Å². The summed E-state index contributed by atoms with van der Waals surface area (Å²) in [5.74, 6) is 3.14. The maximum Gasteiger partial charge on any atom is 0.166 e. The Morgan fingerprint density at radius 2 is 2.21 bits per heavy atom. The molecule has 1 aromatic rings. The highest BCUT2D eigenvalue weighted by atomic mass is 19.1. The summed E-state index contributed by atoms with van der Waals surface area (Å²) in [5.41, 5.74) is 0.0729. The van der Waals surface area contributed by atoms with Gasteiger partial charge in [0, 0.05) is 5.56 Å². The fraction of sp³-hybridized carbons (Fsp3) is 0.100. The van der Waals surface area contributed by atoms with Gasteiger partial charge in [-0.1, -0.05) is 11.8 Å². The molecule has 2 N–H and O–H groups in total. The first kappa shape index (κ1) is 10.2. The normalized spacial score (nSPS) is 9.00. The number of aliphatic hydroxyl groups is 1. The number of aldehydes is 1. The summed E-state index contributed by atoms with van der Waals surface area (Å²) >= 11 is 0. The number of aromatic hydroxyl groups is 1. The highest BCUT2D eigenvalue weighted by Crippen LogP contribution is 2.20. The third-order valence-electron chi connectivity index (χ3n) is 1.53. The van der Waals surface area contributed by atoms with Crippen molar-refractivity contribution in [2.24, 2.45) is 0 Å². The number of hydrogen-bond donors (Lipinski definition) is 2. The summed E-state index contributed by atoms with van der Waals surface area (Å²) < 4.78 is 12.9. The van der Waals surface area contributed by atoms with Gasteiger partial charge >= 0.3 is 0 Å². The number of benzene rings is 1. The largest absolute Gasteiger partial charge is 0.504 e. The maximum atomic E-state index is 12.9. The first-order valence-corrected chi connectivity index (χ1v) is 3.76. The van der Waals surface area contributed by atoms with Gasteiger partial charge in [0.05, 0.1) is 5.56 Å². The van der Waals surface area contributed by atoms with Crippen molar-refractivity contribution in [3.05, 3.63) is 29.1 Å². The average Bonchev–Trinajstić information content (AvgIpc) is 2.19. The van der Waals surface area contributed by atoms with Crippen molar-refractivity contribution < 1.29 is 19.4 Å². The van der Waals surface area contributed by atoms with Crippen LogP contribution in [0.4, 0.5) is 4.39 Å². The van der Waals surface area contributed by atoms with Crippen LogP contribution in [0.5, 0.6) is 5.75 Å². The van der Waals surface area contributed by atoms with E-state index in [4.69, 9.17) is 10.2 Å². The molecule has 0 fully saturated rings. The van der Waals surface area contributed by atoms with E-state index in [1.165, 1.54) is 6.07 Å². The van der Waals surface area contributed by atoms with Crippen molar-refractivity contribution in [3.63, 3.8) is 0 Å². The van der Waals surface area contributed by atoms with Crippen LogP contribution < -0.4 is 0 Å². The number of phenols is 1. The van der Waals surface area contributed by atoms with Crippen LogP contribution in [0.1, 0.15) is 15.9 Å². The minimum atomic E-state index is -0.906. The number of rotatable bonds is 1. The van der Waals surface area contributed by atoms with Gasteiger partial charge in [-0.3, -0.25) is 4.79 Å². The van der Waals surface area contributed by atoms with Gasteiger partial charge in [0.1, 0.15) is 6.61 Å². The van der Waals surface area contributed by atoms with Crippen molar-refractivity contribution in [3.8, 4) is 17.6 Å². The summed E-state index contributed by atoms with van der Waals surface area (Å²) in [5, 5.41) is 17.4. The van der Waals surface area contributed by atoms with Gasteiger partial charge in [-0.2, -0.15) is 0 Å². The van der Waals surface area contributed by atoms with Gasteiger partial charge in [-0.15, -0.1) is 0 Å². The van der Waals surface area contributed by atoms with E-state index in [0.717, 1.165) is 6.07 Å². The van der Waals surface area contributed by atoms with Crippen molar-refractivity contribution in [2.75, 3.05) is 6.61 Å². The van der Waals surface area contributed by atoms with Crippen molar-refractivity contribution in [1.29, 1.82) is 0 Å². The molecule has 72 valence electrons. The van der Waals surface area contributed by atoms with E-state index >= 15 is 0 Å². The van der Waals surface area contributed by atoms with E-state index in [2.05, 4.69) is 11.8 Å². The van der Waals surface area contributed by atoms with Crippen LogP contribution in [0.15, 0.2) is 12.1 Å². The van der Waals surface area contributed by atoms with Gasteiger partial charge in [0.25, 0.3) is 0 Å². The molecule has 0 aromatic heterocycles. The fourth-order valence-electron chi connectivity index (χ4n) is 0.924. The molecule has 0 amide bonds. The van der Waals surface area contributed by atoms with Crippen LogP contribution in [0, 0.1) is 17.7 Å². The van der Waals surface area contributed by atoms with Crippen LogP contribution >= 0.6 is 0 Å². The zero-order chi connectivity index (χ0) is 10.6. The lowest BCUT2D eigenvalue weighted by molar-refractivity contribution is 0.112. The zero-order valence-corrected chi connectivity index (χ0v) is 7.12. The molecule has 1 rings (SSSR count). The number of hydrogen-bond acceptors (Lipinski definition) is 3. The summed E-state index contributed by atoms with van der Waals surface area (Å²) in [6.07, 6.45) is 0.336. The molecule has 0 aliphatic rings. The Kier molecular flexibility index (Phi) is 3.21. The molecule has 0 spiro atoms. The Morgan fingerprint density at radius 3 is 2.79 bits per heavy atom. The second kappa shape index (κ2) is 4.40. The molecule has 0 radical (unpaired) electrons. The first-order valence-electron chi connectivity index (χ1n) is 3.76. The molecule has 14 heavy (non-hydrogen) atoms. The molecular weight excluding hydrogens is 187 g/mol. The van der Waals surface area contributed by atoms with Gasteiger partial charge in [-0.25, -0.2) is 4.39 Å². The summed E-state index contributed by atoms with van der Waals surface area (Å²) in [6.45, 7) is -0.348. The van der Waals surface area contributed by atoms with Gasteiger partial charge < -0.3 is 10.2 Å². The second-order valence-corrected chi connectivity index (χ2v) is 2.47. The predicted octanol–water partition coefficient (Wildman–Crippen LogP) is 0.688. The molecule has 0 aliphatic carbocycles. The van der Waals surface area contributed by atoms with Crippen molar-refractivity contribution in [2.45, 2.75) is 0 Å². The highest BCUT2D eigenvalue weighted by Gasteiger charge is 2.07. The Morgan fingerprint density at radius 1 is 1.50 bits per heavy atom. The van der Waals surface area contributed by atoms with E-state index in [0.29, 0.717) is 6.29 Å². The SMILES string of the molecule is O=Cc1cc(C#CCO)cc(F)c1O. The van der Waals surface area contributed by atoms with Crippen LogP contribution in [-0.4, -0.2) is 23.1 Å². The molecule has 0 saturated carbocycles. The van der Waals surface area contributed by atoms with E-state index in [9.17, 15) is 9.18 Å². The van der Waals surface area contributed by atoms with Crippen LogP contribution in [0.25, 0.3) is 0 Å². The first-order chi connectivity index (χ1) is 6.69. The summed E-state index contributed by atoms with van der Waals surface area (Å²) in [4.78, 5) is 10.4. The molecule has 0 aliphatic heterocycles. The minimum Gasteiger partial charge on any atom is -0.504 e. The monoisotopic (exact) mass is 194 g/mol. The molecule has 3 nitrogen and oxygen atoms in total. The number of halogens is 1. The topological polar surface area (TPSA) is 57.5 Å². The smallest absolute Gasteiger partial charge is 0.166 e. The van der Waals surface area contributed by atoms with Gasteiger partial charge in [-0.05, 0) is 12.1 Å². The molecule has 0 saturated heterocycles. The third-order valence-corrected chi connectivity index (χ3v) is 1.53. The number of carbonyl (C=O) groups is 1. The third kappa shape index (κ3) is 2.09. The van der Waals surface area contributed by atoms with Crippen LogP contribution in [0.2, 0.25) is 0 Å². The van der Waals surface area contributed by atoms with Crippen LogP contribution in [-0.2, 0) is 0 Å². The van der Waals surface area contributed by atoms with Crippen molar-refractivity contribution in [1.82, 2.24) is 0 Å². The molecule has 4 heteroatoms. The second-order valence-electron chi connectivity index (χ2n) is 2.47. The summed E-state index contributed by atoms with van der Waals surface area (Å²) in [7, 11) is 0. The number of carbonyl (C=O) groups excluding carboxylic acids is 1. The Hall–Kier alpha value is -1.86. The maximum absolute atomic E-state index is 12.9. The van der Waals surface area contributed by atoms with Crippen molar-refractivity contribution >= 4 is 6.29 Å². The predicted molar refractivity (Wildman–Crippen MR) is 47.4 cm³/mol. The molecule has 0 unspecified atom stereocenters. The Balaban J connectivity index is 3.22. The van der Waals surface area contributed by atoms with E-state index in [1.54, 1.807) is 0 Å². The van der Waals surface area contributed by atoms with E-state index in [1.807, 2.05) is 0 Å². The van der Waals surface area contributed by atoms with Crippen LogP contribution in [0.3, 0.4) is 0 Å². The lowest BCUT2D eigenvalue weighted by atomic mass is 10.1. The Labute approximate surface area is 79.8 Å². The molecule has 1 aromatic carbocycles. The fourth-order valence-corrected chi connectivity index (χ4v) is 0.924.